The Hall–Kier alpha value is -3.23. The van der Waals surface area contributed by atoms with Gasteiger partial charge in [-0.05, 0) is 0 Å². The number of quaternary nitrogens is 1. The fourth-order valence-electron chi connectivity index (χ4n) is 3.40. The number of rotatable bonds is 3. The van der Waals surface area contributed by atoms with Gasteiger partial charge in [0.05, 0.1) is 38.9 Å². The molecular formula is C22H22N5+. The summed E-state index contributed by atoms with van der Waals surface area (Å²) in [6.45, 7) is 3.85. The molecule has 1 aromatic heterocycles. The Kier molecular flexibility index (Phi) is 4.82. The second-order valence-electron chi connectivity index (χ2n) is 6.88. The van der Waals surface area contributed by atoms with E-state index in [1.54, 1.807) is 0 Å². The summed E-state index contributed by atoms with van der Waals surface area (Å²) in [4.78, 5) is 13.4. The molecule has 0 radical (unpaired) electrons. The minimum atomic E-state index is 0.556. The highest BCUT2D eigenvalue weighted by Crippen LogP contribution is 2.31. The molecule has 1 N–H and O–H groups in total. The van der Waals surface area contributed by atoms with Crippen LogP contribution in [-0.2, 0) is 0 Å². The van der Waals surface area contributed by atoms with Crippen LogP contribution in [0.15, 0.2) is 60.7 Å². The SMILES string of the molecule is C[NH+]1CCN(c2nc(-c3ccccc3)nc(-c3ccccc3)c2C#N)CC1. The molecule has 2 heterocycles. The maximum Gasteiger partial charge on any atom is 0.162 e. The number of hydrogen-bond acceptors (Lipinski definition) is 4. The predicted molar refractivity (Wildman–Crippen MR) is 106 cm³/mol. The van der Waals surface area contributed by atoms with Crippen LogP contribution in [-0.4, -0.2) is 43.2 Å². The lowest BCUT2D eigenvalue weighted by Gasteiger charge is -2.31. The van der Waals surface area contributed by atoms with Crippen LogP contribution < -0.4 is 9.80 Å². The third kappa shape index (κ3) is 3.53. The van der Waals surface area contributed by atoms with E-state index in [1.807, 2.05) is 60.7 Å². The van der Waals surface area contributed by atoms with E-state index in [0.717, 1.165) is 43.1 Å². The molecule has 1 aliphatic rings. The molecule has 2 aromatic carbocycles. The van der Waals surface area contributed by atoms with Crippen molar-refractivity contribution in [1.29, 1.82) is 5.26 Å². The fourth-order valence-corrected chi connectivity index (χ4v) is 3.40. The zero-order valence-corrected chi connectivity index (χ0v) is 15.4. The topological polar surface area (TPSA) is 57.2 Å². The second kappa shape index (κ2) is 7.56. The highest BCUT2D eigenvalue weighted by Gasteiger charge is 2.24. The first kappa shape index (κ1) is 17.2. The molecule has 0 bridgehead atoms. The molecule has 5 heteroatoms. The number of aromatic nitrogens is 2. The lowest BCUT2D eigenvalue weighted by atomic mass is 10.1. The van der Waals surface area contributed by atoms with E-state index in [1.165, 1.54) is 4.90 Å². The third-order valence-electron chi connectivity index (χ3n) is 5.00. The predicted octanol–water partition coefficient (Wildman–Crippen LogP) is 2.02. The molecule has 1 saturated heterocycles. The number of piperazine rings is 1. The summed E-state index contributed by atoms with van der Waals surface area (Å²) in [5.41, 5.74) is 3.16. The number of likely N-dealkylation sites (N-methyl/N-ethyl adjacent to an activating group) is 1. The van der Waals surface area contributed by atoms with E-state index in [2.05, 4.69) is 18.0 Å². The van der Waals surface area contributed by atoms with Crippen molar-refractivity contribution in [2.45, 2.75) is 0 Å². The van der Waals surface area contributed by atoms with Gasteiger partial charge in [-0.3, -0.25) is 0 Å². The van der Waals surface area contributed by atoms with E-state index in [9.17, 15) is 5.26 Å². The molecule has 0 amide bonds. The highest BCUT2D eigenvalue weighted by molar-refractivity contribution is 5.76. The minimum absolute atomic E-state index is 0.556. The molecule has 1 fully saturated rings. The van der Waals surface area contributed by atoms with E-state index in [-0.39, 0.29) is 0 Å². The second-order valence-corrected chi connectivity index (χ2v) is 6.88. The average molecular weight is 356 g/mol. The molecule has 0 unspecified atom stereocenters. The zero-order chi connectivity index (χ0) is 18.6. The summed E-state index contributed by atoms with van der Waals surface area (Å²) < 4.78 is 0. The Bertz CT molecular complexity index is 955. The monoisotopic (exact) mass is 356 g/mol. The molecule has 0 saturated carbocycles. The van der Waals surface area contributed by atoms with Gasteiger partial charge in [0, 0.05) is 11.1 Å². The van der Waals surface area contributed by atoms with Crippen LogP contribution >= 0.6 is 0 Å². The molecule has 0 spiro atoms. The summed E-state index contributed by atoms with van der Waals surface area (Å²) >= 11 is 0. The van der Waals surface area contributed by atoms with Gasteiger partial charge in [0.1, 0.15) is 11.6 Å². The number of benzene rings is 2. The first-order chi connectivity index (χ1) is 13.3. The van der Waals surface area contributed by atoms with Gasteiger partial charge in [-0.1, -0.05) is 60.7 Å². The smallest absolute Gasteiger partial charge is 0.162 e. The van der Waals surface area contributed by atoms with E-state index in [0.29, 0.717) is 17.1 Å². The molecular weight excluding hydrogens is 334 g/mol. The normalized spacial score (nSPS) is 14.7. The molecule has 5 nitrogen and oxygen atoms in total. The molecule has 3 aromatic rings. The van der Waals surface area contributed by atoms with Gasteiger partial charge in [-0.15, -0.1) is 0 Å². The standard InChI is InChI=1S/C22H21N5/c1-26-12-14-27(15-13-26)22-19(16-23)20(17-8-4-2-5-9-17)24-21(25-22)18-10-6-3-7-11-18/h2-11H,12-15H2,1H3/p+1. The zero-order valence-electron chi connectivity index (χ0n) is 15.4. The van der Waals surface area contributed by atoms with Gasteiger partial charge in [0.25, 0.3) is 0 Å². The molecule has 0 atom stereocenters. The minimum Gasteiger partial charge on any atom is -0.344 e. The molecule has 1 aliphatic heterocycles. The van der Waals surface area contributed by atoms with Crippen LogP contribution in [0.4, 0.5) is 5.82 Å². The van der Waals surface area contributed by atoms with Crippen molar-refractivity contribution in [1.82, 2.24) is 9.97 Å². The van der Waals surface area contributed by atoms with Gasteiger partial charge in [0.15, 0.2) is 11.6 Å². The van der Waals surface area contributed by atoms with Crippen LogP contribution in [0.2, 0.25) is 0 Å². The van der Waals surface area contributed by atoms with E-state index >= 15 is 0 Å². The number of nitrogens with zero attached hydrogens (tertiary/aromatic N) is 4. The lowest BCUT2D eigenvalue weighted by Crippen LogP contribution is -3.12. The average Bonchev–Trinajstić information content (AvgIpc) is 2.74. The number of anilines is 1. The molecule has 4 rings (SSSR count). The van der Waals surface area contributed by atoms with Gasteiger partial charge in [-0.25, -0.2) is 9.97 Å². The number of nitrogens with one attached hydrogen (secondary N) is 1. The Balaban J connectivity index is 1.90. The summed E-state index contributed by atoms with van der Waals surface area (Å²) in [6.07, 6.45) is 0. The van der Waals surface area contributed by atoms with Crippen LogP contribution in [0.1, 0.15) is 5.56 Å². The van der Waals surface area contributed by atoms with Crippen molar-refractivity contribution < 1.29 is 4.90 Å². The highest BCUT2D eigenvalue weighted by atomic mass is 15.3. The summed E-state index contributed by atoms with van der Waals surface area (Å²) in [5.74, 6) is 1.41. The number of hydrogen-bond donors (Lipinski definition) is 1. The van der Waals surface area contributed by atoms with Crippen molar-refractivity contribution in [3.63, 3.8) is 0 Å². The Morgan fingerprint density at radius 1 is 0.889 bits per heavy atom. The van der Waals surface area contributed by atoms with Gasteiger partial charge in [0.2, 0.25) is 0 Å². The van der Waals surface area contributed by atoms with Gasteiger partial charge >= 0.3 is 0 Å². The maximum absolute atomic E-state index is 9.94. The Morgan fingerprint density at radius 2 is 1.48 bits per heavy atom. The first-order valence-electron chi connectivity index (χ1n) is 9.25. The summed E-state index contributed by atoms with van der Waals surface area (Å²) in [5, 5.41) is 9.94. The van der Waals surface area contributed by atoms with Gasteiger partial charge in [-0.2, -0.15) is 5.26 Å². The van der Waals surface area contributed by atoms with Crippen LogP contribution in [0.5, 0.6) is 0 Å². The van der Waals surface area contributed by atoms with Crippen molar-refractivity contribution in [3.8, 4) is 28.7 Å². The molecule has 27 heavy (non-hydrogen) atoms. The van der Waals surface area contributed by atoms with Crippen LogP contribution in [0.3, 0.4) is 0 Å². The van der Waals surface area contributed by atoms with E-state index < -0.39 is 0 Å². The summed E-state index contributed by atoms with van der Waals surface area (Å²) in [6, 6.07) is 22.2. The fraction of sp³-hybridized carbons (Fsp3) is 0.227. The largest absolute Gasteiger partial charge is 0.344 e. The van der Waals surface area contributed by atoms with E-state index in [4.69, 9.17) is 9.97 Å². The number of nitriles is 1. The quantitative estimate of drug-likeness (QED) is 0.780. The summed E-state index contributed by atoms with van der Waals surface area (Å²) in [7, 11) is 2.20. The Labute approximate surface area is 159 Å². The Morgan fingerprint density at radius 3 is 2.07 bits per heavy atom. The van der Waals surface area contributed by atoms with Crippen molar-refractivity contribution in [2.24, 2.45) is 0 Å². The third-order valence-corrected chi connectivity index (χ3v) is 5.00. The molecule has 134 valence electrons. The van der Waals surface area contributed by atoms with Crippen molar-refractivity contribution >= 4 is 5.82 Å². The van der Waals surface area contributed by atoms with Crippen molar-refractivity contribution in [3.05, 3.63) is 66.2 Å². The van der Waals surface area contributed by atoms with Crippen LogP contribution in [0.25, 0.3) is 22.6 Å². The van der Waals surface area contributed by atoms with Gasteiger partial charge < -0.3 is 9.80 Å². The first-order valence-corrected chi connectivity index (χ1v) is 9.25. The van der Waals surface area contributed by atoms with Crippen LogP contribution in [0, 0.1) is 11.3 Å². The van der Waals surface area contributed by atoms with Crippen molar-refractivity contribution in [2.75, 3.05) is 38.1 Å². The molecule has 0 aliphatic carbocycles. The maximum atomic E-state index is 9.94. The lowest BCUT2D eigenvalue weighted by molar-refractivity contribution is -0.880.